The number of amides is 2. The van der Waals surface area contributed by atoms with Gasteiger partial charge < -0.3 is 9.47 Å². The fourth-order valence-electron chi connectivity index (χ4n) is 2.68. The van der Waals surface area contributed by atoms with Gasteiger partial charge in [0.25, 0.3) is 11.8 Å². The van der Waals surface area contributed by atoms with E-state index in [1.54, 1.807) is 24.3 Å². The van der Waals surface area contributed by atoms with Crippen molar-refractivity contribution in [3.8, 4) is 0 Å². The van der Waals surface area contributed by atoms with Crippen LogP contribution >= 0.6 is 0 Å². The van der Waals surface area contributed by atoms with Crippen LogP contribution in [-0.4, -0.2) is 26.0 Å². The van der Waals surface area contributed by atoms with Gasteiger partial charge in [-0.25, -0.2) is 9.29 Å². The SMILES string of the molecule is COC(OC)c1cc(F)ccc1N1C(=O)c2ccccc2C1=O. The van der Waals surface area contributed by atoms with Gasteiger partial charge in [-0.15, -0.1) is 0 Å². The molecule has 0 N–H and O–H groups in total. The van der Waals surface area contributed by atoms with Crippen LogP contribution in [0.25, 0.3) is 0 Å². The highest BCUT2D eigenvalue weighted by molar-refractivity contribution is 6.34. The van der Waals surface area contributed by atoms with E-state index in [-0.39, 0.29) is 11.3 Å². The average Bonchev–Trinajstić information content (AvgIpc) is 2.81. The number of carbonyl (C=O) groups is 2. The molecule has 1 aliphatic heterocycles. The van der Waals surface area contributed by atoms with E-state index in [1.807, 2.05) is 0 Å². The smallest absolute Gasteiger partial charge is 0.266 e. The van der Waals surface area contributed by atoms with Crippen LogP contribution in [-0.2, 0) is 9.47 Å². The van der Waals surface area contributed by atoms with E-state index in [2.05, 4.69) is 0 Å². The molecule has 0 bridgehead atoms. The van der Waals surface area contributed by atoms with E-state index in [4.69, 9.17) is 9.47 Å². The number of ether oxygens (including phenoxy) is 2. The predicted octanol–water partition coefficient (Wildman–Crippen LogP) is 2.92. The van der Waals surface area contributed by atoms with Gasteiger partial charge in [0.15, 0.2) is 6.29 Å². The molecule has 1 heterocycles. The molecular weight excluding hydrogens is 301 g/mol. The summed E-state index contributed by atoms with van der Waals surface area (Å²) in [4.78, 5) is 26.2. The lowest BCUT2D eigenvalue weighted by Gasteiger charge is -2.22. The molecule has 6 heteroatoms. The number of imide groups is 1. The van der Waals surface area contributed by atoms with E-state index in [0.29, 0.717) is 11.1 Å². The molecule has 0 aromatic heterocycles. The molecule has 2 aromatic carbocycles. The Labute approximate surface area is 132 Å². The second-order valence-electron chi connectivity index (χ2n) is 5.00. The first-order valence-corrected chi connectivity index (χ1v) is 6.91. The number of rotatable bonds is 4. The number of halogens is 1. The maximum Gasteiger partial charge on any atom is 0.266 e. The van der Waals surface area contributed by atoms with Gasteiger partial charge in [-0.05, 0) is 30.3 Å². The minimum Gasteiger partial charge on any atom is -0.352 e. The van der Waals surface area contributed by atoms with Gasteiger partial charge >= 0.3 is 0 Å². The van der Waals surface area contributed by atoms with Gasteiger partial charge in [-0.1, -0.05) is 12.1 Å². The molecule has 3 rings (SSSR count). The molecular formula is C17H14FNO4. The van der Waals surface area contributed by atoms with Crippen molar-refractivity contribution >= 4 is 17.5 Å². The van der Waals surface area contributed by atoms with Crippen molar-refractivity contribution in [1.82, 2.24) is 0 Å². The van der Waals surface area contributed by atoms with Crippen molar-refractivity contribution in [3.63, 3.8) is 0 Å². The molecule has 118 valence electrons. The second kappa shape index (κ2) is 5.91. The summed E-state index contributed by atoms with van der Waals surface area (Å²) in [5.41, 5.74) is 1.15. The molecule has 2 amide bonds. The first kappa shape index (κ1) is 15.3. The molecule has 0 saturated heterocycles. The van der Waals surface area contributed by atoms with Gasteiger partial charge in [0.05, 0.1) is 16.8 Å². The van der Waals surface area contributed by atoms with Gasteiger partial charge in [0, 0.05) is 19.8 Å². The molecule has 2 aromatic rings. The molecule has 0 saturated carbocycles. The number of anilines is 1. The van der Waals surface area contributed by atoms with Crippen molar-refractivity contribution < 1.29 is 23.5 Å². The van der Waals surface area contributed by atoms with Crippen LogP contribution in [0.4, 0.5) is 10.1 Å². The van der Waals surface area contributed by atoms with Crippen molar-refractivity contribution in [2.75, 3.05) is 19.1 Å². The fraction of sp³-hybridized carbons (Fsp3) is 0.176. The second-order valence-corrected chi connectivity index (χ2v) is 5.00. The zero-order valence-electron chi connectivity index (χ0n) is 12.6. The third-order valence-corrected chi connectivity index (χ3v) is 3.71. The van der Waals surface area contributed by atoms with Crippen molar-refractivity contribution in [3.05, 3.63) is 65.0 Å². The number of hydrogen-bond acceptors (Lipinski definition) is 4. The van der Waals surface area contributed by atoms with Crippen LogP contribution < -0.4 is 4.90 Å². The standard InChI is InChI=1S/C17H14FNO4/c1-22-17(23-2)13-9-10(18)7-8-14(13)19-15(20)11-5-3-4-6-12(11)16(19)21/h3-9,17H,1-2H3. The molecule has 0 atom stereocenters. The van der Waals surface area contributed by atoms with E-state index >= 15 is 0 Å². The van der Waals surface area contributed by atoms with Crippen molar-refractivity contribution in [2.24, 2.45) is 0 Å². The zero-order valence-corrected chi connectivity index (χ0v) is 12.6. The van der Waals surface area contributed by atoms with Gasteiger partial charge in [-0.3, -0.25) is 9.59 Å². The zero-order chi connectivity index (χ0) is 16.6. The Morgan fingerprint density at radius 3 is 2.04 bits per heavy atom. The van der Waals surface area contributed by atoms with Crippen LogP contribution in [0.1, 0.15) is 32.6 Å². The fourth-order valence-corrected chi connectivity index (χ4v) is 2.68. The molecule has 1 aliphatic rings. The highest BCUT2D eigenvalue weighted by Gasteiger charge is 2.38. The van der Waals surface area contributed by atoms with Crippen LogP contribution in [0.5, 0.6) is 0 Å². The van der Waals surface area contributed by atoms with Crippen molar-refractivity contribution in [2.45, 2.75) is 6.29 Å². The maximum absolute atomic E-state index is 13.6. The molecule has 0 unspecified atom stereocenters. The van der Waals surface area contributed by atoms with E-state index in [0.717, 1.165) is 4.90 Å². The summed E-state index contributed by atoms with van der Waals surface area (Å²) < 4.78 is 23.9. The predicted molar refractivity (Wildman–Crippen MR) is 80.7 cm³/mol. The lowest BCUT2D eigenvalue weighted by molar-refractivity contribution is -0.105. The molecule has 0 aliphatic carbocycles. The number of hydrogen-bond donors (Lipinski definition) is 0. The van der Waals surface area contributed by atoms with Crippen molar-refractivity contribution in [1.29, 1.82) is 0 Å². The Morgan fingerprint density at radius 1 is 0.957 bits per heavy atom. The van der Waals surface area contributed by atoms with E-state index in [9.17, 15) is 14.0 Å². The summed E-state index contributed by atoms with van der Waals surface area (Å²) >= 11 is 0. The number of nitrogens with zero attached hydrogens (tertiary/aromatic N) is 1. The number of benzene rings is 2. The highest BCUT2D eigenvalue weighted by Crippen LogP contribution is 2.35. The Kier molecular flexibility index (Phi) is 3.94. The van der Waals surface area contributed by atoms with Gasteiger partial charge in [-0.2, -0.15) is 0 Å². The summed E-state index contributed by atoms with van der Waals surface area (Å²) in [6.07, 6.45) is -0.898. The Bertz CT molecular complexity index is 751. The molecule has 0 spiro atoms. The Hall–Kier alpha value is -2.57. The number of methoxy groups -OCH3 is 2. The van der Waals surface area contributed by atoms with Crippen LogP contribution in [0.15, 0.2) is 42.5 Å². The molecule has 23 heavy (non-hydrogen) atoms. The Morgan fingerprint density at radius 2 is 1.52 bits per heavy atom. The largest absolute Gasteiger partial charge is 0.352 e. The summed E-state index contributed by atoms with van der Waals surface area (Å²) in [7, 11) is 2.79. The first-order chi connectivity index (χ1) is 11.1. The third kappa shape index (κ3) is 2.42. The summed E-state index contributed by atoms with van der Waals surface area (Å²) in [6, 6.07) is 10.3. The maximum atomic E-state index is 13.6. The normalized spacial score (nSPS) is 13.8. The van der Waals surface area contributed by atoms with Gasteiger partial charge in [0.2, 0.25) is 0 Å². The van der Waals surface area contributed by atoms with Crippen LogP contribution in [0.3, 0.4) is 0 Å². The highest BCUT2D eigenvalue weighted by atomic mass is 19.1. The topological polar surface area (TPSA) is 55.8 Å². The first-order valence-electron chi connectivity index (χ1n) is 6.91. The average molecular weight is 315 g/mol. The van der Waals surface area contributed by atoms with E-state index < -0.39 is 23.9 Å². The number of fused-ring (bicyclic) bond motifs is 1. The quantitative estimate of drug-likeness (QED) is 0.643. The molecule has 0 fully saturated rings. The minimum atomic E-state index is -0.898. The summed E-state index contributed by atoms with van der Waals surface area (Å²) in [5, 5.41) is 0. The monoisotopic (exact) mass is 315 g/mol. The van der Waals surface area contributed by atoms with E-state index in [1.165, 1.54) is 32.4 Å². The van der Waals surface area contributed by atoms with Crippen LogP contribution in [0.2, 0.25) is 0 Å². The molecule has 5 nitrogen and oxygen atoms in total. The van der Waals surface area contributed by atoms with Crippen LogP contribution in [0, 0.1) is 5.82 Å². The van der Waals surface area contributed by atoms with Gasteiger partial charge in [0.1, 0.15) is 5.82 Å². The lowest BCUT2D eigenvalue weighted by atomic mass is 10.1. The lowest BCUT2D eigenvalue weighted by Crippen LogP contribution is -2.31. The number of carbonyl (C=O) groups excluding carboxylic acids is 2. The molecule has 0 radical (unpaired) electrons. The third-order valence-electron chi connectivity index (χ3n) is 3.71. The summed E-state index contributed by atoms with van der Waals surface area (Å²) in [6.45, 7) is 0. The Balaban J connectivity index is 2.14. The minimum absolute atomic E-state index is 0.242. The summed E-state index contributed by atoms with van der Waals surface area (Å²) in [5.74, 6) is -1.42.